The van der Waals surface area contributed by atoms with E-state index >= 15 is 0 Å². The van der Waals surface area contributed by atoms with Gasteiger partial charge in [0.1, 0.15) is 0 Å². The molecule has 0 fully saturated rings. The first kappa shape index (κ1) is 14.2. The van der Waals surface area contributed by atoms with Gasteiger partial charge in [-0.15, -0.1) is 11.3 Å². The molecule has 0 aliphatic rings. The van der Waals surface area contributed by atoms with Gasteiger partial charge in [0.05, 0.1) is 10.6 Å². The van der Waals surface area contributed by atoms with E-state index in [4.69, 9.17) is 5.73 Å². The SMILES string of the molecule is CS(=O)(=O)c1ccc(C(N)Cc2cn3ccsc3n2)cc1. The Hall–Kier alpha value is -1.70. The van der Waals surface area contributed by atoms with Crippen molar-refractivity contribution in [3.8, 4) is 0 Å². The summed E-state index contributed by atoms with van der Waals surface area (Å²) in [4.78, 5) is 5.76. The van der Waals surface area contributed by atoms with E-state index < -0.39 is 9.84 Å². The van der Waals surface area contributed by atoms with Gasteiger partial charge in [0.2, 0.25) is 0 Å². The molecule has 2 N–H and O–H groups in total. The minimum absolute atomic E-state index is 0.205. The molecule has 0 radical (unpaired) electrons. The first-order chi connectivity index (χ1) is 9.93. The molecule has 21 heavy (non-hydrogen) atoms. The number of rotatable bonds is 4. The largest absolute Gasteiger partial charge is 0.324 e. The fourth-order valence-electron chi connectivity index (χ4n) is 2.18. The second-order valence-electron chi connectivity index (χ2n) is 4.98. The van der Waals surface area contributed by atoms with Gasteiger partial charge in [-0.1, -0.05) is 12.1 Å². The molecule has 2 aromatic heterocycles. The molecule has 2 heterocycles. The topological polar surface area (TPSA) is 77.5 Å². The summed E-state index contributed by atoms with van der Waals surface area (Å²) in [5.41, 5.74) is 8.02. The summed E-state index contributed by atoms with van der Waals surface area (Å²) in [5, 5.41) is 1.98. The van der Waals surface area contributed by atoms with Crippen LogP contribution in [0.1, 0.15) is 17.3 Å². The van der Waals surface area contributed by atoms with Crippen LogP contribution in [0.5, 0.6) is 0 Å². The van der Waals surface area contributed by atoms with Crippen molar-refractivity contribution >= 4 is 26.1 Å². The molecule has 0 aliphatic carbocycles. The summed E-state index contributed by atoms with van der Waals surface area (Å²) in [6, 6.07) is 6.51. The van der Waals surface area contributed by atoms with Crippen molar-refractivity contribution < 1.29 is 8.42 Å². The zero-order chi connectivity index (χ0) is 15.0. The Morgan fingerprint density at radius 3 is 2.67 bits per heavy atom. The highest BCUT2D eigenvalue weighted by Gasteiger charge is 2.12. The fraction of sp³-hybridized carbons (Fsp3) is 0.214. The number of thiazole rings is 1. The first-order valence-electron chi connectivity index (χ1n) is 6.40. The quantitative estimate of drug-likeness (QED) is 0.798. The molecule has 0 bridgehead atoms. The Labute approximate surface area is 127 Å². The highest BCUT2D eigenvalue weighted by molar-refractivity contribution is 7.90. The molecule has 3 rings (SSSR count). The molecule has 1 unspecified atom stereocenters. The maximum absolute atomic E-state index is 11.4. The van der Waals surface area contributed by atoms with E-state index in [2.05, 4.69) is 4.98 Å². The summed E-state index contributed by atoms with van der Waals surface area (Å²) >= 11 is 1.58. The number of sulfone groups is 1. The lowest BCUT2D eigenvalue weighted by Gasteiger charge is -2.10. The van der Waals surface area contributed by atoms with Gasteiger partial charge in [-0.25, -0.2) is 13.4 Å². The summed E-state index contributed by atoms with van der Waals surface area (Å²) in [5.74, 6) is 0. The average Bonchev–Trinajstić information content (AvgIpc) is 2.98. The monoisotopic (exact) mass is 321 g/mol. The van der Waals surface area contributed by atoms with Crippen molar-refractivity contribution in [2.75, 3.05) is 6.26 Å². The van der Waals surface area contributed by atoms with Crippen LogP contribution >= 0.6 is 11.3 Å². The van der Waals surface area contributed by atoms with Gasteiger partial charge in [-0.3, -0.25) is 4.40 Å². The van der Waals surface area contributed by atoms with E-state index in [9.17, 15) is 8.42 Å². The van der Waals surface area contributed by atoms with Crippen LogP contribution in [-0.4, -0.2) is 24.1 Å². The van der Waals surface area contributed by atoms with E-state index in [0.717, 1.165) is 16.2 Å². The Kier molecular flexibility index (Phi) is 3.56. The minimum atomic E-state index is -3.17. The van der Waals surface area contributed by atoms with Crippen molar-refractivity contribution in [1.29, 1.82) is 0 Å². The van der Waals surface area contributed by atoms with Gasteiger partial charge in [0.15, 0.2) is 14.8 Å². The Morgan fingerprint density at radius 1 is 1.33 bits per heavy atom. The molecule has 0 saturated heterocycles. The van der Waals surface area contributed by atoms with E-state index in [1.54, 1.807) is 35.6 Å². The molecule has 0 spiro atoms. The zero-order valence-corrected chi connectivity index (χ0v) is 13.1. The molecule has 0 saturated carbocycles. The van der Waals surface area contributed by atoms with Crippen LogP contribution in [0.4, 0.5) is 0 Å². The molecule has 0 aliphatic heterocycles. The number of imidazole rings is 1. The maximum atomic E-state index is 11.4. The lowest BCUT2D eigenvalue weighted by Crippen LogP contribution is -2.13. The van der Waals surface area contributed by atoms with Crippen LogP contribution in [0.25, 0.3) is 4.96 Å². The van der Waals surface area contributed by atoms with Crippen LogP contribution < -0.4 is 5.73 Å². The fourth-order valence-corrected chi connectivity index (χ4v) is 3.53. The molecular formula is C14H15N3O2S2. The second-order valence-corrected chi connectivity index (χ2v) is 7.87. The minimum Gasteiger partial charge on any atom is -0.324 e. The van der Waals surface area contributed by atoms with E-state index in [1.807, 2.05) is 22.2 Å². The Bertz CT molecular complexity index is 835. The van der Waals surface area contributed by atoms with Gasteiger partial charge in [0, 0.05) is 36.5 Å². The third kappa shape index (κ3) is 2.99. The third-order valence-electron chi connectivity index (χ3n) is 3.31. The third-order valence-corrected chi connectivity index (χ3v) is 5.21. The van der Waals surface area contributed by atoms with Crippen molar-refractivity contribution in [1.82, 2.24) is 9.38 Å². The van der Waals surface area contributed by atoms with Crippen LogP contribution in [0, 0.1) is 0 Å². The number of aromatic nitrogens is 2. The molecule has 110 valence electrons. The van der Waals surface area contributed by atoms with Gasteiger partial charge in [-0.05, 0) is 17.7 Å². The summed E-state index contributed by atoms with van der Waals surface area (Å²) in [6.07, 6.45) is 5.74. The Morgan fingerprint density at radius 2 is 2.05 bits per heavy atom. The molecule has 0 amide bonds. The average molecular weight is 321 g/mol. The van der Waals surface area contributed by atoms with E-state index in [-0.39, 0.29) is 6.04 Å². The molecule has 1 aromatic carbocycles. The van der Waals surface area contributed by atoms with Crippen molar-refractivity contribution in [3.63, 3.8) is 0 Å². The smallest absolute Gasteiger partial charge is 0.193 e. The van der Waals surface area contributed by atoms with Crippen LogP contribution in [-0.2, 0) is 16.3 Å². The normalized spacial score (nSPS) is 13.6. The van der Waals surface area contributed by atoms with E-state index in [1.165, 1.54) is 6.26 Å². The standard InChI is InChI=1S/C14H15N3O2S2/c1-21(18,19)12-4-2-10(3-5-12)13(15)8-11-9-17-6-7-20-14(17)16-11/h2-7,9,13H,8,15H2,1H3. The first-order valence-corrected chi connectivity index (χ1v) is 9.17. The zero-order valence-electron chi connectivity index (χ0n) is 11.4. The summed E-state index contributed by atoms with van der Waals surface area (Å²) < 4.78 is 24.8. The summed E-state index contributed by atoms with van der Waals surface area (Å²) in [6.45, 7) is 0. The molecule has 7 heteroatoms. The lowest BCUT2D eigenvalue weighted by molar-refractivity contribution is 0.601. The van der Waals surface area contributed by atoms with Crippen LogP contribution in [0.15, 0.2) is 46.9 Å². The van der Waals surface area contributed by atoms with Crippen molar-refractivity contribution in [3.05, 3.63) is 53.3 Å². The Balaban J connectivity index is 1.78. The van der Waals surface area contributed by atoms with Crippen LogP contribution in [0.3, 0.4) is 0 Å². The highest BCUT2D eigenvalue weighted by atomic mass is 32.2. The van der Waals surface area contributed by atoms with E-state index in [0.29, 0.717) is 11.3 Å². The van der Waals surface area contributed by atoms with Crippen molar-refractivity contribution in [2.45, 2.75) is 17.4 Å². The lowest BCUT2D eigenvalue weighted by atomic mass is 10.0. The number of fused-ring (bicyclic) bond motifs is 1. The molecule has 5 nitrogen and oxygen atoms in total. The number of hydrogen-bond donors (Lipinski definition) is 1. The number of benzene rings is 1. The van der Waals surface area contributed by atoms with Gasteiger partial charge < -0.3 is 5.73 Å². The number of nitrogens with zero attached hydrogens (tertiary/aromatic N) is 2. The van der Waals surface area contributed by atoms with Crippen molar-refractivity contribution in [2.24, 2.45) is 5.73 Å². The van der Waals surface area contributed by atoms with Gasteiger partial charge in [-0.2, -0.15) is 0 Å². The number of hydrogen-bond acceptors (Lipinski definition) is 5. The van der Waals surface area contributed by atoms with Gasteiger partial charge >= 0.3 is 0 Å². The summed E-state index contributed by atoms with van der Waals surface area (Å²) in [7, 11) is -3.17. The second kappa shape index (κ2) is 5.25. The molecule has 1 atom stereocenters. The predicted molar refractivity (Wildman–Crippen MR) is 83.3 cm³/mol. The molecular weight excluding hydrogens is 306 g/mol. The highest BCUT2D eigenvalue weighted by Crippen LogP contribution is 2.19. The van der Waals surface area contributed by atoms with Crippen LogP contribution in [0.2, 0.25) is 0 Å². The number of nitrogens with two attached hydrogens (primary N) is 1. The maximum Gasteiger partial charge on any atom is 0.193 e. The van der Waals surface area contributed by atoms with Gasteiger partial charge in [0.25, 0.3) is 0 Å². The molecule has 3 aromatic rings. The predicted octanol–water partition coefficient (Wildman–Crippen LogP) is 2.04.